The van der Waals surface area contributed by atoms with Gasteiger partial charge in [-0.15, -0.1) is 6.58 Å². The second-order valence-electron chi connectivity index (χ2n) is 13.7. The van der Waals surface area contributed by atoms with E-state index in [2.05, 4.69) is 54.0 Å². The van der Waals surface area contributed by atoms with Gasteiger partial charge in [-0.3, -0.25) is 24.2 Å². The minimum atomic E-state index is -1.08. The lowest BCUT2D eigenvalue weighted by molar-refractivity contribution is -0.870. The number of ether oxygens (including phenoxy) is 1. The van der Waals surface area contributed by atoms with Crippen molar-refractivity contribution in [1.29, 1.82) is 0 Å². The summed E-state index contributed by atoms with van der Waals surface area (Å²) in [5, 5.41) is 10.9. The van der Waals surface area contributed by atoms with Crippen LogP contribution in [0.2, 0.25) is 0 Å². The van der Waals surface area contributed by atoms with Crippen LogP contribution in [0.1, 0.15) is 64.4 Å². The number of benzene rings is 1. The van der Waals surface area contributed by atoms with Gasteiger partial charge in [0.05, 0.1) is 40.8 Å². The number of nitrogens with zero attached hydrogens (tertiary/aromatic N) is 2. The number of esters is 1. The van der Waals surface area contributed by atoms with Gasteiger partial charge in [0.1, 0.15) is 24.2 Å². The van der Waals surface area contributed by atoms with Crippen LogP contribution in [0.3, 0.4) is 0 Å². The summed E-state index contributed by atoms with van der Waals surface area (Å²) in [6.07, 6.45) is 3.17. The molecule has 10 N–H and O–H groups in total. The molecule has 280 valence electrons. The van der Waals surface area contributed by atoms with Crippen LogP contribution in [-0.2, 0) is 35.1 Å². The number of nitrogens with two attached hydrogens (primary N) is 3. The molecular weight excluding hydrogens is 642 g/mol. The van der Waals surface area contributed by atoms with Crippen LogP contribution < -0.4 is 38.5 Å². The number of methoxy groups -OCH3 is 1. The zero-order valence-corrected chi connectivity index (χ0v) is 30.6. The molecule has 15 heteroatoms. The number of nitrogens with one attached hydrogen (secondary N) is 4. The van der Waals surface area contributed by atoms with Gasteiger partial charge < -0.3 is 47.7 Å². The summed E-state index contributed by atoms with van der Waals surface area (Å²) in [6.45, 7) is 8.21. The third-order valence-corrected chi connectivity index (χ3v) is 7.83. The minimum Gasteiger partial charge on any atom is -0.467 e. The highest BCUT2D eigenvalue weighted by Crippen LogP contribution is 2.10. The molecule has 1 rings (SSSR count). The molecule has 0 aliphatic carbocycles. The smallest absolute Gasteiger partial charge is 0.328 e. The second kappa shape index (κ2) is 22.3. The number of rotatable bonds is 23. The quantitative estimate of drug-likeness (QED) is 0.0202. The fraction of sp³-hybridized carbons (Fsp3) is 0.600. The van der Waals surface area contributed by atoms with Gasteiger partial charge in [-0.05, 0) is 64.4 Å². The average molecular weight is 703 g/mol. The Bertz CT molecular complexity index is 1300. The molecule has 1 aromatic carbocycles. The SMILES string of the molecule is C=C(C)CC[C@H](N)C(=O)N[C@@H](CCCN=C(N)N)C(=O)N[C@@H](CCCC[N+](C)(C)C)C(=O)N[C@@H](Cc1ccccc1)C(=O)N[C@@H](C)C(=O)OC. The van der Waals surface area contributed by atoms with Crippen molar-refractivity contribution in [1.82, 2.24) is 21.3 Å². The third-order valence-electron chi connectivity index (χ3n) is 7.83. The Hall–Kier alpha value is -4.50. The van der Waals surface area contributed by atoms with Crippen LogP contribution in [0.5, 0.6) is 0 Å². The first-order chi connectivity index (χ1) is 23.4. The molecule has 0 spiro atoms. The van der Waals surface area contributed by atoms with E-state index in [1.54, 1.807) is 0 Å². The number of unbranched alkanes of at least 4 members (excludes halogenated alkanes) is 1. The van der Waals surface area contributed by atoms with Crippen molar-refractivity contribution in [2.75, 3.05) is 41.3 Å². The number of quaternary nitrogens is 1. The van der Waals surface area contributed by atoms with Gasteiger partial charge in [-0.1, -0.05) is 35.9 Å². The Morgan fingerprint density at radius 1 is 0.820 bits per heavy atom. The van der Waals surface area contributed by atoms with E-state index in [-0.39, 0.29) is 31.8 Å². The number of guanidine groups is 1. The van der Waals surface area contributed by atoms with E-state index in [1.165, 1.54) is 14.0 Å². The summed E-state index contributed by atoms with van der Waals surface area (Å²) < 4.78 is 5.46. The number of carbonyl (C=O) groups excluding carboxylic acids is 5. The summed E-state index contributed by atoms with van der Waals surface area (Å²) in [5.41, 5.74) is 18.6. The summed E-state index contributed by atoms with van der Waals surface area (Å²) in [4.78, 5) is 70.1. The fourth-order valence-corrected chi connectivity index (χ4v) is 4.94. The van der Waals surface area contributed by atoms with E-state index in [4.69, 9.17) is 21.9 Å². The maximum atomic E-state index is 13.9. The molecule has 0 aromatic heterocycles. The van der Waals surface area contributed by atoms with Crippen molar-refractivity contribution >= 4 is 35.6 Å². The molecule has 50 heavy (non-hydrogen) atoms. The topological polar surface area (TPSA) is 233 Å². The predicted molar refractivity (Wildman–Crippen MR) is 194 cm³/mol. The average Bonchev–Trinajstić information content (AvgIpc) is 3.04. The van der Waals surface area contributed by atoms with E-state index in [0.717, 1.165) is 28.6 Å². The van der Waals surface area contributed by atoms with Gasteiger partial charge in [0.15, 0.2) is 5.96 Å². The maximum Gasteiger partial charge on any atom is 0.328 e. The van der Waals surface area contributed by atoms with Gasteiger partial charge in [0.2, 0.25) is 23.6 Å². The van der Waals surface area contributed by atoms with Crippen molar-refractivity contribution < 1.29 is 33.2 Å². The van der Waals surface area contributed by atoms with E-state index in [0.29, 0.717) is 25.7 Å². The van der Waals surface area contributed by atoms with E-state index < -0.39 is 59.8 Å². The lowest BCUT2D eigenvalue weighted by atomic mass is 10.0. The first-order valence-electron chi connectivity index (χ1n) is 17.0. The number of aliphatic imine (C=N–C) groups is 1. The zero-order valence-electron chi connectivity index (χ0n) is 30.6. The van der Waals surface area contributed by atoms with E-state index >= 15 is 0 Å². The van der Waals surface area contributed by atoms with Gasteiger partial charge in [-0.25, -0.2) is 4.79 Å². The normalized spacial score (nSPS) is 14.1. The number of allylic oxidation sites excluding steroid dienone is 1. The summed E-state index contributed by atoms with van der Waals surface area (Å²) >= 11 is 0. The summed E-state index contributed by atoms with van der Waals surface area (Å²) in [7, 11) is 7.40. The number of amides is 4. The maximum absolute atomic E-state index is 13.9. The number of hydrogen-bond acceptors (Lipinski definition) is 8. The monoisotopic (exact) mass is 702 g/mol. The Morgan fingerprint density at radius 3 is 1.90 bits per heavy atom. The first-order valence-corrected chi connectivity index (χ1v) is 17.0. The molecule has 0 aliphatic heterocycles. The highest BCUT2D eigenvalue weighted by atomic mass is 16.5. The molecule has 0 saturated heterocycles. The van der Waals surface area contributed by atoms with Gasteiger partial charge in [-0.2, -0.15) is 0 Å². The van der Waals surface area contributed by atoms with Crippen molar-refractivity contribution in [3.63, 3.8) is 0 Å². The molecule has 0 unspecified atom stereocenters. The van der Waals surface area contributed by atoms with Crippen LogP contribution >= 0.6 is 0 Å². The second-order valence-corrected chi connectivity index (χ2v) is 13.7. The first kappa shape index (κ1) is 43.5. The molecule has 0 aliphatic rings. The van der Waals surface area contributed by atoms with Crippen LogP contribution in [0.15, 0.2) is 47.5 Å². The van der Waals surface area contributed by atoms with Crippen molar-refractivity contribution in [2.24, 2.45) is 22.2 Å². The molecule has 0 saturated carbocycles. The van der Waals surface area contributed by atoms with E-state index in [1.807, 2.05) is 37.3 Å². The van der Waals surface area contributed by atoms with Crippen LogP contribution in [0, 0.1) is 0 Å². The van der Waals surface area contributed by atoms with Crippen LogP contribution in [0.25, 0.3) is 0 Å². The standard InChI is InChI=1S/C35H59N9O6/c1-23(2)18-19-26(36)30(45)41-28(17-13-20-39-35(37)38)31(46)42-27(16-11-12-21-44(4,5)6)32(47)43-29(22-25-14-9-8-10-15-25)33(48)40-24(3)34(49)50-7/h8-10,14-15,24,26-29H,1,11-13,16-22,36H2,2-7H3,(H7-,37,38,39,40,41,42,43,45,46,47,48)/p+1/t24-,26-,27-,28-,29-/m0/s1. The zero-order chi connectivity index (χ0) is 37.9. The highest BCUT2D eigenvalue weighted by Gasteiger charge is 2.31. The Kier molecular flexibility index (Phi) is 19.4. The largest absolute Gasteiger partial charge is 0.467 e. The Labute approximate surface area is 296 Å². The number of hydrogen-bond donors (Lipinski definition) is 7. The van der Waals surface area contributed by atoms with Crippen molar-refractivity contribution in [2.45, 2.75) is 95.4 Å². The minimum absolute atomic E-state index is 0.0995. The lowest BCUT2D eigenvalue weighted by Gasteiger charge is -2.27. The van der Waals surface area contributed by atoms with Gasteiger partial charge >= 0.3 is 5.97 Å². The van der Waals surface area contributed by atoms with Crippen molar-refractivity contribution in [3.05, 3.63) is 48.0 Å². The van der Waals surface area contributed by atoms with Gasteiger partial charge in [0.25, 0.3) is 0 Å². The molecular formula is C35H60N9O6+. The van der Waals surface area contributed by atoms with Crippen molar-refractivity contribution in [3.8, 4) is 0 Å². The molecule has 15 nitrogen and oxygen atoms in total. The molecule has 0 bridgehead atoms. The molecule has 4 amide bonds. The summed E-state index contributed by atoms with van der Waals surface area (Å²) in [5.74, 6) is -3.03. The summed E-state index contributed by atoms with van der Waals surface area (Å²) in [6, 6.07) is 4.08. The highest BCUT2D eigenvalue weighted by molar-refractivity contribution is 5.95. The van der Waals surface area contributed by atoms with Crippen LogP contribution in [-0.4, -0.2) is 112 Å². The molecule has 5 atom stereocenters. The predicted octanol–water partition coefficient (Wildman–Crippen LogP) is -0.0251. The number of carbonyl (C=O) groups is 5. The molecule has 0 heterocycles. The third kappa shape index (κ3) is 18.3. The molecule has 0 fully saturated rings. The van der Waals surface area contributed by atoms with Crippen LogP contribution in [0.4, 0.5) is 0 Å². The molecule has 0 radical (unpaired) electrons. The van der Waals surface area contributed by atoms with E-state index in [9.17, 15) is 24.0 Å². The Balaban J connectivity index is 3.32. The lowest BCUT2D eigenvalue weighted by Crippen LogP contribution is -2.58. The molecule has 1 aromatic rings. The Morgan fingerprint density at radius 2 is 1.36 bits per heavy atom. The fourth-order valence-electron chi connectivity index (χ4n) is 4.94. The van der Waals surface area contributed by atoms with Gasteiger partial charge in [0, 0.05) is 13.0 Å².